The van der Waals surface area contributed by atoms with Crippen molar-refractivity contribution in [3.8, 4) is 5.69 Å². The molecule has 148 valence electrons. The average molecular weight is 387 g/mol. The van der Waals surface area contributed by atoms with E-state index >= 15 is 0 Å². The third-order valence-electron chi connectivity index (χ3n) is 5.84. The van der Waals surface area contributed by atoms with Gasteiger partial charge in [-0.05, 0) is 55.9 Å². The maximum absolute atomic E-state index is 12.9. The van der Waals surface area contributed by atoms with Crippen LogP contribution in [-0.2, 0) is 19.4 Å². The van der Waals surface area contributed by atoms with Crippen LogP contribution in [0.25, 0.3) is 5.69 Å². The van der Waals surface area contributed by atoms with Crippen LogP contribution in [-0.4, -0.2) is 33.8 Å². The minimum atomic E-state index is -0.110. The molecule has 1 aromatic carbocycles. The van der Waals surface area contributed by atoms with Crippen LogP contribution in [0.1, 0.15) is 46.6 Å². The number of hydrogen-bond donors (Lipinski definition) is 1. The topological polar surface area (TPSA) is 63.1 Å². The number of rotatable bonds is 5. The van der Waals surface area contributed by atoms with E-state index in [1.165, 1.54) is 12.8 Å². The van der Waals surface area contributed by atoms with Crippen molar-refractivity contribution >= 4 is 11.7 Å². The van der Waals surface area contributed by atoms with E-state index < -0.39 is 0 Å². The van der Waals surface area contributed by atoms with Crippen LogP contribution in [0.5, 0.6) is 0 Å². The molecule has 5 rings (SSSR count). The van der Waals surface area contributed by atoms with E-state index in [0.29, 0.717) is 12.2 Å². The Morgan fingerprint density at radius 1 is 1.00 bits per heavy atom. The van der Waals surface area contributed by atoms with Gasteiger partial charge in [0.15, 0.2) is 5.69 Å². The molecule has 6 heteroatoms. The molecule has 6 nitrogen and oxygen atoms in total. The van der Waals surface area contributed by atoms with Crippen LogP contribution in [0.15, 0.2) is 48.7 Å². The molecule has 1 saturated heterocycles. The molecule has 0 radical (unpaired) electrons. The zero-order chi connectivity index (χ0) is 19.6. The summed E-state index contributed by atoms with van der Waals surface area (Å²) in [5.74, 6) is 0.915. The largest absolute Gasteiger partial charge is 0.357 e. The maximum atomic E-state index is 12.9. The molecule has 1 N–H and O–H groups in total. The molecule has 3 aromatic rings. The first-order valence-electron chi connectivity index (χ1n) is 10.4. The summed E-state index contributed by atoms with van der Waals surface area (Å²) in [5.41, 5.74) is 4.82. The highest BCUT2D eigenvalue weighted by Gasteiger charge is 2.26. The Labute approximate surface area is 170 Å². The normalized spacial score (nSPS) is 15.5. The lowest BCUT2D eigenvalue weighted by atomic mass is 10.2. The zero-order valence-electron chi connectivity index (χ0n) is 16.5. The molecule has 29 heavy (non-hydrogen) atoms. The van der Waals surface area contributed by atoms with E-state index in [1.54, 1.807) is 0 Å². The summed E-state index contributed by atoms with van der Waals surface area (Å²) < 4.78 is 1.93. The van der Waals surface area contributed by atoms with Gasteiger partial charge in [0.25, 0.3) is 5.91 Å². The number of carbonyl (C=O) groups is 1. The van der Waals surface area contributed by atoms with Crippen molar-refractivity contribution in [2.45, 2.75) is 38.6 Å². The smallest absolute Gasteiger partial charge is 0.272 e. The van der Waals surface area contributed by atoms with E-state index in [9.17, 15) is 4.79 Å². The van der Waals surface area contributed by atoms with Gasteiger partial charge < -0.3 is 10.2 Å². The van der Waals surface area contributed by atoms with E-state index in [-0.39, 0.29) is 5.91 Å². The van der Waals surface area contributed by atoms with E-state index in [1.807, 2.05) is 47.3 Å². The molecule has 1 amide bonds. The Hall–Kier alpha value is -3.15. The number of hydrogen-bond acceptors (Lipinski definition) is 4. The molecular formula is C23H25N5O. The van der Waals surface area contributed by atoms with Gasteiger partial charge in [0.1, 0.15) is 5.82 Å². The Morgan fingerprint density at radius 2 is 1.83 bits per heavy atom. The molecule has 1 fully saturated rings. The van der Waals surface area contributed by atoms with Gasteiger partial charge in [-0.25, -0.2) is 9.67 Å². The average Bonchev–Trinajstić information content (AvgIpc) is 3.51. The predicted molar refractivity (Wildman–Crippen MR) is 112 cm³/mol. The van der Waals surface area contributed by atoms with Crippen LogP contribution in [0.2, 0.25) is 0 Å². The first-order chi connectivity index (χ1) is 14.3. The van der Waals surface area contributed by atoms with Gasteiger partial charge in [0.2, 0.25) is 0 Å². The first kappa shape index (κ1) is 17.9. The summed E-state index contributed by atoms with van der Waals surface area (Å²) in [6.45, 7) is 2.62. The number of aromatic nitrogens is 3. The second kappa shape index (κ2) is 7.70. The molecule has 0 unspecified atom stereocenters. The number of nitrogens with one attached hydrogen (secondary N) is 1. The molecule has 1 aliphatic heterocycles. The summed E-state index contributed by atoms with van der Waals surface area (Å²) >= 11 is 0. The highest BCUT2D eigenvalue weighted by Crippen LogP contribution is 2.27. The SMILES string of the molecule is O=C(NCc1ccc(N2CCCC2)nc1)c1nn(-c2ccccc2)c2c1CCC2. The number of nitrogens with zero attached hydrogens (tertiary/aromatic N) is 4. The molecule has 3 heterocycles. The molecule has 0 spiro atoms. The third-order valence-corrected chi connectivity index (χ3v) is 5.84. The van der Waals surface area contributed by atoms with Crippen molar-refractivity contribution in [2.24, 2.45) is 0 Å². The van der Waals surface area contributed by atoms with Gasteiger partial charge in [-0.15, -0.1) is 0 Å². The van der Waals surface area contributed by atoms with E-state index in [0.717, 1.165) is 60.7 Å². The highest BCUT2D eigenvalue weighted by molar-refractivity contribution is 5.94. The molecule has 2 aliphatic rings. The number of fused-ring (bicyclic) bond motifs is 1. The molecule has 2 aromatic heterocycles. The third kappa shape index (κ3) is 3.50. The predicted octanol–water partition coefficient (Wildman–Crippen LogP) is 3.29. The second-order valence-corrected chi connectivity index (χ2v) is 7.78. The lowest BCUT2D eigenvalue weighted by Gasteiger charge is -2.16. The van der Waals surface area contributed by atoms with Gasteiger partial charge in [-0.1, -0.05) is 24.3 Å². The maximum Gasteiger partial charge on any atom is 0.272 e. The molecule has 0 atom stereocenters. The van der Waals surface area contributed by atoms with Crippen LogP contribution in [0, 0.1) is 0 Å². The fourth-order valence-corrected chi connectivity index (χ4v) is 4.32. The molecule has 0 saturated carbocycles. The Bertz CT molecular complexity index is 1000. The Balaban J connectivity index is 1.30. The van der Waals surface area contributed by atoms with Gasteiger partial charge in [0, 0.05) is 37.1 Å². The number of anilines is 1. The zero-order valence-corrected chi connectivity index (χ0v) is 16.5. The van der Waals surface area contributed by atoms with Crippen LogP contribution < -0.4 is 10.2 Å². The van der Waals surface area contributed by atoms with Crippen molar-refractivity contribution in [2.75, 3.05) is 18.0 Å². The van der Waals surface area contributed by atoms with Crippen molar-refractivity contribution in [3.63, 3.8) is 0 Å². The van der Waals surface area contributed by atoms with Gasteiger partial charge >= 0.3 is 0 Å². The van der Waals surface area contributed by atoms with Crippen molar-refractivity contribution < 1.29 is 4.79 Å². The first-order valence-corrected chi connectivity index (χ1v) is 10.4. The highest BCUT2D eigenvalue weighted by atomic mass is 16.1. The number of carbonyl (C=O) groups excluding carboxylic acids is 1. The van der Waals surface area contributed by atoms with Crippen molar-refractivity contribution in [3.05, 3.63) is 71.2 Å². The Kier molecular flexibility index (Phi) is 4.76. The van der Waals surface area contributed by atoms with Crippen LogP contribution in [0.4, 0.5) is 5.82 Å². The Morgan fingerprint density at radius 3 is 2.59 bits per heavy atom. The molecule has 1 aliphatic carbocycles. The molecular weight excluding hydrogens is 362 g/mol. The van der Waals surface area contributed by atoms with Gasteiger partial charge in [-0.2, -0.15) is 5.10 Å². The standard InChI is InChI=1S/C23H25N5O/c29-23(25-16-17-11-12-21(24-15-17)27-13-4-5-14-27)22-19-9-6-10-20(19)28(26-22)18-7-2-1-3-8-18/h1-3,7-8,11-12,15H,4-6,9-10,13-14,16H2,(H,25,29). The summed E-state index contributed by atoms with van der Waals surface area (Å²) in [6, 6.07) is 14.1. The second-order valence-electron chi connectivity index (χ2n) is 7.78. The van der Waals surface area contributed by atoms with Gasteiger partial charge in [-0.3, -0.25) is 4.79 Å². The van der Waals surface area contributed by atoms with Crippen LogP contribution >= 0.6 is 0 Å². The van der Waals surface area contributed by atoms with Crippen LogP contribution in [0.3, 0.4) is 0 Å². The van der Waals surface area contributed by atoms with Crippen molar-refractivity contribution in [1.82, 2.24) is 20.1 Å². The van der Waals surface area contributed by atoms with Crippen molar-refractivity contribution in [1.29, 1.82) is 0 Å². The van der Waals surface area contributed by atoms with E-state index in [2.05, 4.69) is 26.4 Å². The number of para-hydroxylation sites is 1. The quantitative estimate of drug-likeness (QED) is 0.730. The van der Waals surface area contributed by atoms with Gasteiger partial charge in [0.05, 0.1) is 5.69 Å². The summed E-state index contributed by atoms with van der Waals surface area (Å²) in [6.07, 6.45) is 7.28. The number of pyridine rings is 1. The monoisotopic (exact) mass is 387 g/mol. The summed E-state index contributed by atoms with van der Waals surface area (Å²) in [5, 5.41) is 7.69. The number of benzene rings is 1. The summed E-state index contributed by atoms with van der Waals surface area (Å²) in [4.78, 5) is 19.8. The lowest BCUT2D eigenvalue weighted by Crippen LogP contribution is -2.25. The minimum Gasteiger partial charge on any atom is -0.357 e. The molecule has 0 bridgehead atoms. The lowest BCUT2D eigenvalue weighted by molar-refractivity contribution is 0.0944. The summed E-state index contributed by atoms with van der Waals surface area (Å²) in [7, 11) is 0. The fraction of sp³-hybridized carbons (Fsp3) is 0.348. The number of amides is 1. The minimum absolute atomic E-state index is 0.110. The van der Waals surface area contributed by atoms with E-state index in [4.69, 9.17) is 0 Å². The fourth-order valence-electron chi connectivity index (χ4n) is 4.32.